The predicted molar refractivity (Wildman–Crippen MR) is 238 cm³/mol. The molecule has 1 heterocycles. The fraction of sp³-hybridized carbons (Fsp3) is 0.0784. The number of ketones is 1. The van der Waals surface area contributed by atoms with Crippen molar-refractivity contribution in [1.82, 2.24) is 0 Å². The Hall–Kier alpha value is -6.99. The summed E-state index contributed by atoms with van der Waals surface area (Å²) in [7, 11) is -4.72. The average Bonchev–Trinajstić information content (AvgIpc) is 3.23. The van der Waals surface area contributed by atoms with Crippen LogP contribution in [-0.2, 0) is 4.65 Å². The van der Waals surface area contributed by atoms with Gasteiger partial charge in [-0.05, 0) is 106 Å². The maximum absolute atomic E-state index is 15.8. The Labute approximate surface area is 337 Å². The molecule has 1 aliphatic rings. The van der Waals surface area contributed by atoms with Gasteiger partial charge in [0.1, 0.15) is 0 Å². The van der Waals surface area contributed by atoms with Crippen molar-refractivity contribution < 1.29 is 17.6 Å². The van der Waals surface area contributed by atoms with Crippen LogP contribution in [0.1, 0.15) is 37.7 Å². The molecule has 0 spiro atoms. The summed E-state index contributed by atoms with van der Waals surface area (Å²) in [6.45, 7) is 8.27. The molecular weight excluding hydrogens is 721 g/mol. The second kappa shape index (κ2) is 14.8. The quantitative estimate of drug-likeness (QED) is 0.114. The van der Waals surface area contributed by atoms with Crippen molar-refractivity contribution in [2.24, 2.45) is 0 Å². The molecule has 0 atom stereocenters. The minimum Gasteiger partial charge on any atom is -0.569 e. The van der Waals surface area contributed by atoms with Crippen molar-refractivity contribution in [3.63, 3.8) is 0 Å². The highest BCUT2D eigenvalue weighted by molar-refractivity contribution is 6.53. The fourth-order valence-corrected chi connectivity index (χ4v) is 7.81. The number of hydrogen-bond acceptors (Lipinski definition) is 3. The summed E-state index contributed by atoms with van der Waals surface area (Å²) in [5, 5.41) is 3.32. The Bertz CT molecular complexity index is 2780. The van der Waals surface area contributed by atoms with Crippen LogP contribution in [0, 0.1) is 27.7 Å². The number of allylic oxidation sites excluding steroid dienone is 1. The van der Waals surface area contributed by atoms with Gasteiger partial charge in [-0.25, -0.2) is 0 Å². The van der Waals surface area contributed by atoms with Gasteiger partial charge in [0.2, 0.25) is 0 Å². The van der Waals surface area contributed by atoms with Crippen LogP contribution in [0.3, 0.4) is 0 Å². The number of rotatable bonds is 8. The zero-order valence-electron chi connectivity index (χ0n) is 32.8. The molecule has 0 amide bonds. The molecule has 0 fully saturated rings. The Morgan fingerprint density at radius 1 is 0.414 bits per heavy atom. The van der Waals surface area contributed by atoms with Gasteiger partial charge in [-0.1, -0.05) is 119 Å². The van der Waals surface area contributed by atoms with E-state index >= 15 is 8.63 Å². The van der Waals surface area contributed by atoms with Gasteiger partial charge in [0.05, 0.1) is 28.8 Å². The fourth-order valence-electron chi connectivity index (χ4n) is 7.81. The van der Waals surface area contributed by atoms with Crippen LogP contribution in [0.25, 0.3) is 27.3 Å². The summed E-state index contributed by atoms with van der Waals surface area (Å²) in [4.78, 5) is 4.40. The van der Waals surface area contributed by atoms with E-state index in [4.69, 9.17) is 9.00 Å². The van der Waals surface area contributed by atoms with Gasteiger partial charge in [-0.2, -0.15) is 0 Å². The third kappa shape index (κ3) is 7.00. The van der Waals surface area contributed by atoms with Crippen molar-refractivity contribution in [3.05, 3.63) is 209 Å². The lowest BCUT2D eigenvalue weighted by Gasteiger charge is -2.28. The first kappa shape index (κ1) is 36.6. The van der Waals surface area contributed by atoms with Crippen LogP contribution >= 0.6 is 0 Å². The first-order valence-corrected chi connectivity index (χ1v) is 19.5. The van der Waals surface area contributed by atoms with Crippen molar-refractivity contribution in [3.8, 4) is 0 Å². The number of anilines is 6. The molecule has 0 N–H and O–H groups in total. The first-order valence-electron chi connectivity index (χ1n) is 19.5. The smallest absolute Gasteiger partial charge is 0.569 e. The summed E-state index contributed by atoms with van der Waals surface area (Å²) in [5.74, 6) is 0.0839. The van der Waals surface area contributed by atoms with Gasteiger partial charge in [-0.3, -0.25) is 0 Å². The van der Waals surface area contributed by atoms with Crippen molar-refractivity contribution in [2.45, 2.75) is 27.7 Å². The van der Waals surface area contributed by atoms with E-state index < -0.39 is 7.11 Å². The van der Waals surface area contributed by atoms with Crippen molar-refractivity contribution in [2.75, 3.05) is 9.80 Å². The van der Waals surface area contributed by atoms with E-state index in [0.29, 0.717) is 11.1 Å². The zero-order valence-corrected chi connectivity index (χ0v) is 32.8. The van der Waals surface area contributed by atoms with Crippen molar-refractivity contribution in [1.29, 1.82) is 0 Å². The zero-order chi connectivity index (χ0) is 40.0. The van der Waals surface area contributed by atoms with E-state index in [1.807, 2.05) is 72.8 Å². The van der Waals surface area contributed by atoms with E-state index in [1.54, 1.807) is 6.08 Å². The summed E-state index contributed by atoms with van der Waals surface area (Å²) in [6, 6.07) is 57.0. The van der Waals surface area contributed by atoms with Crippen LogP contribution in [-0.4, -0.2) is 12.9 Å². The number of fused-ring (bicyclic) bond motifs is 2. The largest absolute Gasteiger partial charge is 0.995 e. The minimum atomic E-state index is -4.72. The van der Waals surface area contributed by atoms with E-state index in [1.165, 1.54) is 0 Å². The third-order valence-electron chi connectivity index (χ3n) is 10.8. The Balaban J connectivity index is 1.18. The lowest BCUT2D eigenvalue weighted by Crippen LogP contribution is -2.31. The summed E-state index contributed by atoms with van der Waals surface area (Å²) < 4.78 is 42.6. The molecule has 284 valence electrons. The monoisotopic (exact) mass is 762 g/mol. The molecule has 0 bridgehead atoms. The second-order valence-electron chi connectivity index (χ2n) is 15.0. The standard InChI is InChI=1S/C51H41BF2N2O2/c1-34-13-21-38(22-14-34)55(39-23-15-35(2)16-24-39)48-31-29-46(42-9-5-7-11-44(42)48)50-33-51(58-52(53,54)57-50)47-30-32-49(45-12-8-6-10-43(45)47)56(40-25-17-36(3)18-26-40)41-27-19-37(4)20-28-41/h5-33H,1-4H3. The molecular formula is C51H41BF2N2O2. The SMILES string of the molecule is Cc1ccc(N(c2ccc(C)cc2)c2ccc(C3=CC(c4ccc(N(c5ccc(C)cc5)c5ccc(C)cc5)c5ccccc45)=[O+][B-](F)(F)O3)c3ccccc23)cc1. The maximum atomic E-state index is 15.8. The van der Waals surface area contributed by atoms with Crippen LogP contribution in [0.15, 0.2) is 176 Å². The molecule has 0 saturated heterocycles. The van der Waals surface area contributed by atoms with Crippen molar-refractivity contribution >= 4 is 74.3 Å². The molecule has 1 aliphatic heterocycles. The molecule has 0 radical (unpaired) electrons. The number of hydrogen-bond donors (Lipinski definition) is 0. The lowest BCUT2D eigenvalue weighted by molar-refractivity contribution is -0.183. The molecule has 0 saturated carbocycles. The first-order chi connectivity index (χ1) is 28.1. The highest BCUT2D eigenvalue weighted by Gasteiger charge is 2.53. The molecule has 58 heavy (non-hydrogen) atoms. The van der Waals surface area contributed by atoms with E-state index in [9.17, 15) is 0 Å². The molecule has 7 heteroatoms. The highest BCUT2D eigenvalue weighted by atomic mass is 19.3. The highest BCUT2D eigenvalue weighted by Crippen LogP contribution is 2.44. The predicted octanol–water partition coefficient (Wildman–Crippen LogP) is 14.3. The normalized spacial score (nSPS) is 13.5. The van der Waals surface area contributed by atoms with Gasteiger partial charge in [0.15, 0.2) is 0 Å². The second-order valence-corrected chi connectivity index (χ2v) is 15.0. The number of halogens is 2. The minimum absolute atomic E-state index is 0.0420. The summed E-state index contributed by atoms with van der Waals surface area (Å²) in [6.07, 6.45) is 1.61. The van der Waals surface area contributed by atoms with Gasteiger partial charge < -0.3 is 27.4 Å². The van der Waals surface area contributed by atoms with Gasteiger partial charge in [0, 0.05) is 44.5 Å². The number of carbonyl (C=O) groups excluding carboxylic acids is 1. The molecule has 4 nitrogen and oxygen atoms in total. The Kier molecular flexibility index (Phi) is 9.37. The maximum Gasteiger partial charge on any atom is 0.995 e. The Morgan fingerprint density at radius 3 is 1.16 bits per heavy atom. The third-order valence-corrected chi connectivity index (χ3v) is 10.8. The van der Waals surface area contributed by atoms with E-state index in [-0.39, 0.29) is 11.5 Å². The van der Waals surface area contributed by atoms with Crippen LogP contribution in [0.5, 0.6) is 0 Å². The van der Waals surface area contributed by atoms with E-state index in [0.717, 1.165) is 77.9 Å². The van der Waals surface area contributed by atoms with E-state index in [2.05, 4.69) is 135 Å². The summed E-state index contributed by atoms with van der Waals surface area (Å²) >= 11 is 0. The van der Waals surface area contributed by atoms with Gasteiger partial charge >= 0.3 is 7.11 Å². The number of benzene rings is 8. The molecule has 9 rings (SSSR count). The molecule has 0 aliphatic carbocycles. The molecule has 8 aromatic carbocycles. The van der Waals surface area contributed by atoms with Gasteiger partial charge in [0.25, 0.3) is 5.78 Å². The number of nitrogens with zero attached hydrogens (tertiary/aromatic N) is 2. The van der Waals surface area contributed by atoms with Crippen LogP contribution in [0.4, 0.5) is 42.8 Å². The summed E-state index contributed by atoms with van der Waals surface area (Å²) in [5.41, 5.74) is 11.5. The Morgan fingerprint density at radius 2 is 0.759 bits per heavy atom. The van der Waals surface area contributed by atoms with Crippen LogP contribution in [0.2, 0.25) is 0 Å². The number of aryl methyl sites for hydroxylation is 4. The average molecular weight is 763 g/mol. The van der Waals surface area contributed by atoms with Gasteiger partial charge in [-0.15, -0.1) is 0 Å². The lowest BCUT2D eigenvalue weighted by atomic mass is 9.94. The molecule has 0 unspecified atom stereocenters. The molecule has 0 aromatic heterocycles. The topological polar surface area (TPSA) is 27.0 Å². The van der Waals surface area contributed by atoms with Crippen LogP contribution < -0.4 is 9.80 Å². The molecule has 8 aromatic rings.